The van der Waals surface area contributed by atoms with Crippen LogP contribution in [0.15, 0.2) is 12.1 Å². The number of methoxy groups -OCH3 is 1. The van der Waals surface area contributed by atoms with Gasteiger partial charge in [-0.15, -0.1) is 0 Å². The maximum atomic E-state index is 12.7. The van der Waals surface area contributed by atoms with Crippen molar-refractivity contribution in [3.8, 4) is 11.5 Å². The van der Waals surface area contributed by atoms with Crippen molar-refractivity contribution < 1.29 is 19.1 Å². The number of nitrogens with zero attached hydrogens (tertiary/aromatic N) is 1. The van der Waals surface area contributed by atoms with Crippen LogP contribution in [0.5, 0.6) is 11.5 Å². The molecule has 25 heavy (non-hydrogen) atoms. The molecule has 0 radical (unpaired) electrons. The van der Waals surface area contributed by atoms with Crippen LogP contribution in [0.3, 0.4) is 0 Å². The Morgan fingerprint density at radius 1 is 1.24 bits per heavy atom. The van der Waals surface area contributed by atoms with Crippen molar-refractivity contribution in [2.75, 3.05) is 20.3 Å². The van der Waals surface area contributed by atoms with E-state index in [4.69, 9.17) is 26.8 Å². The fourth-order valence-electron chi connectivity index (χ4n) is 2.20. The minimum atomic E-state index is -0.575. The number of amides is 2. The van der Waals surface area contributed by atoms with E-state index in [2.05, 4.69) is 13.8 Å². The van der Waals surface area contributed by atoms with E-state index >= 15 is 0 Å². The second-order valence-corrected chi connectivity index (χ2v) is 6.92. The highest BCUT2D eigenvalue weighted by Crippen LogP contribution is 2.37. The lowest BCUT2D eigenvalue weighted by molar-refractivity contribution is -0.119. The molecule has 0 aliphatic heterocycles. The van der Waals surface area contributed by atoms with Gasteiger partial charge in [0, 0.05) is 11.6 Å². The van der Waals surface area contributed by atoms with Crippen molar-refractivity contribution in [1.82, 2.24) is 4.90 Å². The van der Waals surface area contributed by atoms with Crippen LogP contribution in [-0.4, -0.2) is 43.0 Å². The first-order valence-electron chi connectivity index (χ1n) is 8.27. The molecule has 0 atom stereocenters. The molecule has 0 fully saturated rings. The molecule has 2 amide bonds. The molecule has 0 spiro atoms. The standard InChI is InChI=1S/C18H27ClN2O4/c1-11(2)6-7-25-17-14(19)8-13(9-15(17)24-5)18(23)21(12(3)4)10-16(20)22/h8-9,11-12H,6-7,10H2,1-5H3,(H2,20,22). The number of primary amides is 1. The molecule has 0 bridgehead atoms. The molecule has 1 rings (SSSR count). The van der Waals surface area contributed by atoms with Crippen molar-refractivity contribution in [2.45, 2.75) is 40.2 Å². The first-order valence-corrected chi connectivity index (χ1v) is 8.64. The van der Waals surface area contributed by atoms with Gasteiger partial charge in [0.25, 0.3) is 5.91 Å². The van der Waals surface area contributed by atoms with Crippen molar-refractivity contribution >= 4 is 23.4 Å². The Morgan fingerprint density at radius 2 is 1.88 bits per heavy atom. The maximum Gasteiger partial charge on any atom is 0.254 e. The summed E-state index contributed by atoms with van der Waals surface area (Å²) in [6, 6.07) is 2.90. The molecule has 0 saturated heterocycles. The zero-order valence-electron chi connectivity index (χ0n) is 15.5. The minimum Gasteiger partial charge on any atom is -0.493 e. The summed E-state index contributed by atoms with van der Waals surface area (Å²) in [6.07, 6.45) is 0.875. The van der Waals surface area contributed by atoms with Gasteiger partial charge >= 0.3 is 0 Å². The molecule has 0 aliphatic carbocycles. The van der Waals surface area contributed by atoms with E-state index in [1.54, 1.807) is 6.07 Å². The number of benzene rings is 1. The predicted molar refractivity (Wildman–Crippen MR) is 98.3 cm³/mol. The molecule has 7 heteroatoms. The molecule has 2 N–H and O–H groups in total. The van der Waals surface area contributed by atoms with E-state index in [0.29, 0.717) is 29.6 Å². The Labute approximate surface area is 154 Å². The highest BCUT2D eigenvalue weighted by atomic mass is 35.5. The van der Waals surface area contributed by atoms with Gasteiger partial charge in [-0.2, -0.15) is 0 Å². The van der Waals surface area contributed by atoms with E-state index in [1.807, 2.05) is 13.8 Å². The Hall–Kier alpha value is -1.95. The van der Waals surface area contributed by atoms with E-state index < -0.39 is 5.91 Å². The summed E-state index contributed by atoms with van der Waals surface area (Å²) in [5.74, 6) is 0.366. The van der Waals surface area contributed by atoms with Gasteiger partial charge in [-0.25, -0.2) is 0 Å². The Kier molecular flexibility index (Phi) is 8.03. The zero-order valence-corrected chi connectivity index (χ0v) is 16.2. The molecule has 0 heterocycles. The molecule has 0 aliphatic rings. The van der Waals surface area contributed by atoms with Gasteiger partial charge in [0.2, 0.25) is 5.91 Å². The van der Waals surface area contributed by atoms with Gasteiger partial charge in [0.15, 0.2) is 11.5 Å². The zero-order chi connectivity index (χ0) is 19.1. The van der Waals surface area contributed by atoms with E-state index in [0.717, 1.165) is 6.42 Å². The number of carbonyl (C=O) groups excluding carboxylic acids is 2. The lowest BCUT2D eigenvalue weighted by atomic mass is 10.1. The topological polar surface area (TPSA) is 81.9 Å². The fourth-order valence-corrected chi connectivity index (χ4v) is 2.47. The largest absolute Gasteiger partial charge is 0.493 e. The van der Waals surface area contributed by atoms with E-state index in [-0.39, 0.29) is 23.5 Å². The number of nitrogens with two attached hydrogens (primary N) is 1. The Bertz CT molecular complexity index is 617. The third kappa shape index (κ3) is 6.12. The summed E-state index contributed by atoms with van der Waals surface area (Å²) < 4.78 is 11.0. The third-order valence-corrected chi connectivity index (χ3v) is 3.91. The SMILES string of the molecule is COc1cc(C(=O)N(CC(N)=O)C(C)C)cc(Cl)c1OCCC(C)C. The quantitative estimate of drug-likeness (QED) is 0.724. The number of carbonyl (C=O) groups is 2. The molecular weight excluding hydrogens is 344 g/mol. The first kappa shape index (κ1) is 21.1. The average molecular weight is 371 g/mol. The smallest absolute Gasteiger partial charge is 0.254 e. The van der Waals surface area contributed by atoms with Crippen molar-refractivity contribution in [2.24, 2.45) is 11.7 Å². The molecule has 6 nitrogen and oxygen atoms in total. The van der Waals surface area contributed by atoms with Gasteiger partial charge in [0.1, 0.15) is 0 Å². The van der Waals surface area contributed by atoms with Crippen LogP contribution in [0.2, 0.25) is 5.02 Å². The van der Waals surface area contributed by atoms with E-state index in [1.165, 1.54) is 18.1 Å². The molecule has 140 valence electrons. The fraction of sp³-hybridized carbons (Fsp3) is 0.556. The van der Waals surface area contributed by atoms with Crippen LogP contribution in [0, 0.1) is 5.92 Å². The summed E-state index contributed by atoms with van der Waals surface area (Å²) in [4.78, 5) is 25.3. The van der Waals surface area contributed by atoms with Gasteiger partial charge in [-0.05, 0) is 38.3 Å². The van der Waals surface area contributed by atoms with Crippen molar-refractivity contribution in [1.29, 1.82) is 0 Å². The molecule has 1 aromatic carbocycles. The van der Waals surface area contributed by atoms with Gasteiger partial charge in [-0.3, -0.25) is 9.59 Å². The Morgan fingerprint density at radius 3 is 2.36 bits per heavy atom. The summed E-state index contributed by atoms with van der Waals surface area (Å²) in [5, 5.41) is 0.286. The van der Waals surface area contributed by atoms with Crippen LogP contribution < -0.4 is 15.2 Å². The second kappa shape index (κ2) is 9.51. The molecule has 1 aromatic rings. The van der Waals surface area contributed by atoms with Crippen LogP contribution >= 0.6 is 11.6 Å². The Balaban J connectivity index is 3.10. The number of ether oxygens (including phenoxy) is 2. The minimum absolute atomic E-state index is 0.164. The normalized spacial score (nSPS) is 10.9. The monoisotopic (exact) mass is 370 g/mol. The number of hydrogen-bond donors (Lipinski definition) is 1. The van der Waals surface area contributed by atoms with Crippen molar-refractivity contribution in [3.05, 3.63) is 22.7 Å². The maximum absolute atomic E-state index is 12.7. The lowest BCUT2D eigenvalue weighted by Gasteiger charge is -2.26. The average Bonchev–Trinajstić information content (AvgIpc) is 2.52. The highest BCUT2D eigenvalue weighted by molar-refractivity contribution is 6.32. The van der Waals surface area contributed by atoms with Crippen LogP contribution in [-0.2, 0) is 4.79 Å². The second-order valence-electron chi connectivity index (χ2n) is 6.51. The summed E-state index contributed by atoms with van der Waals surface area (Å²) in [6.45, 7) is 8.16. The van der Waals surface area contributed by atoms with Crippen LogP contribution in [0.4, 0.5) is 0 Å². The highest BCUT2D eigenvalue weighted by Gasteiger charge is 2.23. The van der Waals surface area contributed by atoms with Crippen molar-refractivity contribution in [3.63, 3.8) is 0 Å². The van der Waals surface area contributed by atoms with Gasteiger partial charge < -0.3 is 20.1 Å². The molecule has 0 aromatic heterocycles. The van der Waals surface area contributed by atoms with Gasteiger partial charge in [-0.1, -0.05) is 25.4 Å². The summed E-state index contributed by atoms with van der Waals surface area (Å²) in [7, 11) is 1.48. The number of halogens is 1. The van der Waals surface area contributed by atoms with Crippen LogP contribution in [0.1, 0.15) is 44.5 Å². The predicted octanol–water partition coefficient (Wildman–Crippen LogP) is 3.11. The molecule has 0 unspecified atom stereocenters. The van der Waals surface area contributed by atoms with E-state index in [9.17, 15) is 9.59 Å². The third-order valence-electron chi connectivity index (χ3n) is 3.63. The van der Waals surface area contributed by atoms with Crippen LogP contribution in [0.25, 0.3) is 0 Å². The number of rotatable bonds is 9. The lowest BCUT2D eigenvalue weighted by Crippen LogP contribution is -2.42. The molecular formula is C18H27ClN2O4. The summed E-state index contributed by atoms with van der Waals surface area (Å²) >= 11 is 6.30. The molecule has 0 saturated carbocycles. The van der Waals surface area contributed by atoms with Gasteiger partial charge in [0.05, 0.1) is 25.3 Å². The first-order chi connectivity index (χ1) is 11.7. The number of hydrogen-bond acceptors (Lipinski definition) is 4. The summed E-state index contributed by atoms with van der Waals surface area (Å²) in [5.41, 5.74) is 5.55.